The van der Waals surface area contributed by atoms with Gasteiger partial charge in [-0.25, -0.2) is 0 Å². The van der Waals surface area contributed by atoms with E-state index in [0.717, 1.165) is 5.75 Å². The van der Waals surface area contributed by atoms with Crippen LogP contribution >= 0.6 is 30.6 Å². The first kappa shape index (κ1) is 16.5. The van der Waals surface area contributed by atoms with Gasteiger partial charge < -0.3 is 10.5 Å². The summed E-state index contributed by atoms with van der Waals surface area (Å²) >= 11 is 1.20. The molecule has 0 heterocycles. The first-order chi connectivity index (χ1) is 6.13. The molecular formula is C6H13Cl2NO2PtS. The average Bonchev–Trinajstić information content (AvgIpc) is 2.14. The van der Waals surface area contributed by atoms with Crippen molar-refractivity contribution in [3.05, 3.63) is 0 Å². The zero-order valence-electron chi connectivity index (χ0n) is 7.37. The molecule has 0 aromatic carbocycles. The average molecular weight is 429 g/mol. The van der Waals surface area contributed by atoms with E-state index in [2.05, 4.69) is 4.74 Å². The van der Waals surface area contributed by atoms with Crippen LogP contribution in [0.4, 0.5) is 0 Å². The fourth-order valence-corrected chi connectivity index (χ4v) is 1.00. The molecule has 3 nitrogen and oxygen atoms in total. The van der Waals surface area contributed by atoms with Crippen LogP contribution in [-0.4, -0.2) is 31.1 Å². The van der Waals surface area contributed by atoms with E-state index in [1.54, 1.807) is 11.8 Å². The van der Waals surface area contributed by atoms with E-state index in [0.29, 0.717) is 6.42 Å². The summed E-state index contributed by atoms with van der Waals surface area (Å²) in [6.07, 6.45) is 2.66. The van der Waals surface area contributed by atoms with E-state index in [9.17, 15) is 4.79 Å². The van der Waals surface area contributed by atoms with Gasteiger partial charge in [-0.15, -0.1) is 0 Å². The molecule has 0 aromatic heterocycles. The van der Waals surface area contributed by atoms with Crippen LogP contribution in [0.3, 0.4) is 0 Å². The SMILES string of the molecule is COC(=O)C(N)CCSC.[Cl][Pt][Cl]. The first-order valence-electron chi connectivity index (χ1n) is 3.28. The maximum absolute atomic E-state index is 10.7. The Kier molecular flexibility index (Phi) is 16.5. The molecule has 0 saturated heterocycles. The molecule has 2 N–H and O–H groups in total. The van der Waals surface area contributed by atoms with Crippen LogP contribution in [0.5, 0.6) is 0 Å². The standard InChI is InChI=1S/C6H13NO2S.2ClH.Pt/c1-9-6(8)5(7)3-4-10-2;;;/h5H,3-4,7H2,1-2H3;2*1H;/q;;;+2/p-2. The monoisotopic (exact) mass is 428 g/mol. The summed E-state index contributed by atoms with van der Waals surface area (Å²) in [5.41, 5.74) is 5.43. The number of methoxy groups -OCH3 is 1. The molecule has 1 atom stereocenters. The fraction of sp³-hybridized carbons (Fsp3) is 0.833. The number of esters is 1. The van der Waals surface area contributed by atoms with Gasteiger partial charge >= 0.3 is 41.3 Å². The molecule has 1 unspecified atom stereocenters. The van der Waals surface area contributed by atoms with E-state index in [1.807, 2.05) is 6.26 Å². The summed E-state index contributed by atoms with van der Waals surface area (Å²) in [5.74, 6) is 0.574. The summed E-state index contributed by atoms with van der Waals surface area (Å²) in [7, 11) is 11.1. The normalized spacial score (nSPS) is 11.5. The topological polar surface area (TPSA) is 52.3 Å². The number of carbonyl (C=O) groups is 1. The van der Waals surface area contributed by atoms with Crippen LogP contribution < -0.4 is 5.73 Å². The van der Waals surface area contributed by atoms with Gasteiger partial charge in [0.25, 0.3) is 0 Å². The van der Waals surface area contributed by atoms with Crippen molar-refractivity contribution in [3.63, 3.8) is 0 Å². The second-order valence-corrected chi connectivity index (χ2v) is 6.22. The van der Waals surface area contributed by atoms with Gasteiger partial charge in [-0.2, -0.15) is 11.8 Å². The molecule has 13 heavy (non-hydrogen) atoms. The van der Waals surface area contributed by atoms with Crippen molar-refractivity contribution >= 4 is 36.6 Å². The third-order valence-electron chi connectivity index (χ3n) is 1.14. The number of rotatable bonds is 4. The molecule has 0 aromatic rings. The van der Waals surface area contributed by atoms with Crippen molar-refractivity contribution in [1.29, 1.82) is 0 Å². The molecule has 0 radical (unpaired) electrons. The third kappa shape index (κ3) is 13.0. The molecule has 0 aliphatic carbocycles. The minimum atomic E-state index is -0.472. The van der Waals surface area contributed by atoms with Gasteiger partial charge in [0.15, 0.2) is 0 Å². The maximum atomic E-state index is 10.7. The Morgan fingerprint density at radius 2 is 2.15 bits per heavy atom. The number of hydrogen-bond acceptors (Lipinski definition) is 4. The van der Waals surface area contributed by atoms with Crippen molar-refractivity contribution < 1.29 is 26.0 Å². The van der Waals surface area contributed by atoms with Crippen LogP contribution in [0, 0.1) is 0 Å². The predicted molar refractivity (Wildman–Crippen MR) is 54.7 cm³/mol. The molecule has 7 heteroatoms. The Morgan fingerprint density at radius 3 is 2.46 bits per heavy atom. The number of thioether (sulfide) groups is 1. The molecule has 0 bridgehead atoms. The molecule has 0 rings (SSSR count). The van der Waals surface area contributed by atoms with E-state index in [4.69, 9.17) is 24.6 Å². The van der Waals surface area contributed by atoms with Crippen molar-refractivity contribution in [1.82, 2.24) is 0 Å². The first-order valence-corrected chi connectivity index (χ1v) is 10.3. The van der Waals surface area contributed by atoms with Crippen molar-refractivity contribution in [2.45, 2.75) is 12.5 Å². The Bertz CT molecular complexity index is 131. The molecule has 84 valence electrons. The zero-order chi connectivity index (χ0) is 10.7. The van der Waals surface area contributed by atoms with Gasteiger partial charge in [0.1, 0.15) is 6.04 Å². The van der Waals surface area contributed by atoms with E-state index in [-0.39, 0.29) is 5.97 Å². The molecule has 0 amide bonds. The number of ether oxygens (including phenoxy) is 1. The Balaban J connectivity index is 0. The number of carbonyl (C=O) groups excluding carboxylic acids is 1. The molecular weight excluding hydrogens is 416 g/mol. The van der Waals surface area contributed by atoms with E-state index >= 15 is 0 Å². The Morgan fingerprint density at radius 1 is 1.69 bits per heavy atom. The van der Waals surface area contributed by atoms with E-state index in [1.165, 1.54) is 7.11 Å². The Hall–Kier alpha value is 1.05. The van der Waals surface area contributed by atoms with Gasteiger partial charge in [0.05, 0.1) is 7.11 Å². The van der Waals surface area contributed by atoms with Gasteiger partial charge in [0, 0.05) is 0 Å². The van der Waals surface area contributed by atoms with Crippen molar-refractivity contribution in [2.75, 3.05) is 19.1 Å². The summed E-state index contributed by atoms with van der Waals surface area (Å²) in [5, 5.41) is 0. The van der Waals surface area contributed by atoms with Gasteiger partial charge in [-0.3, -0.25) is 4.79 Å². The quantitative estimate of drug-likeness (QED) is 0.691. The van der Waals surface area contributed by atoms with Crippen LogP contribution in [-0.2, 0) is 26.0 Å². The number of halogens is 2. The molecule has 0 saturated carbocycles. The van der Waals surface area contributed by atoms with Crippen LogP contribution in [0.15, 0.2) is 0 Å². The minimum absolute atomic E-state index is 0.325. The van der Waals surface area contributed by atoms with E-state index < -0.39 is 22.5 Å². The van der Waals surface area contributed by atoms with Gasteiger partial charge in [0.2, 0.25) is 0 Å². The summed E-state index contributed by atoms with van der Waals surface area (Å²) in [4.78, 5) is 10.7. The number of hydrogen-bond donors (Lipinski definition) is 1. The van der Waals surface area contributed by atoms with Crippen molar-refractivity contribution in [2.24, 2.45) is 5.73 Å². The number of nitrogens with two attached hydrogens (primary N) is 1. The van der Waals surface area contributed by atoms with Gasteiger partial charge in [-0.1, -0.05) is 0 Å². The zero-order valence-corrected chi connectivity index (χ0v) is 12.0. The third-order valence-corrected chi connectivity index (χ3v) is 1.78. The summed E-state index contributed by atoms with van der Waals surface area (Å²) < 4.78 is 4.44. The molecule has 0 fully saturated rings. The van der Waals surface area contributed by atoms with Gasteiger partial charge in [-0.05, 0) is 18.4 Å². The molecule has 0 aliphatic rings. The Labute approximate surface area is 99.4 Å². The van der Waals surface area contributed by atoms with Crippen LogP contribution in [0.25, 0.3) is 0 Å². The van der Waals surface area contributed by atoms with Crippen molar-refractivity contribution in [3.8, 4) is 0 Å². The second kappa shape index (κ2) is 13.0. The predicted octanol–water partition coefficient (Wildman–Crippen LogP) is 1.62. The molecule has 0 spiro atoms. The fourth-order valence-electron chi connectivity index (χ4n) is 0.514. The molecule has 0 aliphatic heterocycles. The van der Waals surface area contributed by atoms with Crippen LogP contribution in [0.1, 0.15) is 6.42 Å². The second-order valence-electron chi connectivity index (χ2n) is 1.96. The summed E-state index contributed by atoms with van der Waals surface area (Å²) in [6, 6.07) is -0.447. The van der Waals surface area contributed by atoms with Crippen LogP contribution in [0.2, 0.25) is 0 Å². The summed E-state index contributed by atoms with van der Waals surface area (Å²) in [6.45, 7) is 0.